The van der Waals surface area contributed by atoms with Gasteiger partial charge in [0, 0.05) is 23.4 Å². The van der Waals surface area contributed by atoms with E-state index < -0.39 is 5.82 Å². The van der Waals surface area contributed by atoms with Crippen molar-refractivity contribution in [2.45, 2.75) is 27.0 Å². The lowest BCUT2D eigenvalue weighted by molar-refractivity contribution is 0.265. The number of aromatic nitrogens is 1. The summed E-state index contributed by atoms with van der Waals surface area (Å²) in [6.07, 6.45) is 0. The van der Waals surface area contributed by atoms with Crippen LogP contribution in [0.15, 0.2) is 78.9 Å². The molecule has 0 saturated carbocycles. The number of anilines is 1. The molecule has 1 N–H and O–H groups in total. The van der Waals surface area contributed by atoms with Gasteiger partial charge in [0.25, 0.3) is 0 Å². The first-order chi connectivity index (χ1) is 18.0. The van der Waals surface area contributed by atoms with Gasteiger partial charge in [0.1, 0.15) is 17.4 Å². The van der Waals surface area contributed by atoms with Gasteiger partial charge in [0.15, 0.2) is 11.5 Å². The molecule has 0 bridgehead atoms. The smallest absolute Gasteiger partial charge is 0.161 e. The van der Waals surface area contributed by atoms with Gasteiger partial charge in [-0.25, -0.2) is 9.37 Å². The minimum Gasteiger partial charge on any atom is -0.490 e. The Balaban J connectivity index is 1.25. The van der Waals surface area contributed by atoms with Crippen LogP contribution in [0.25, 0.3) is 20.8 Å². The van der Waals surface area contributed by atoms with Crippen LogP contribution in [0.5, 0.6) is 11.5 Å². The monoisotopic (exact) mass is 532 g/mol. The zero-order valence-corrected chi connectivity index (χ0v) is 22.1. The lowest BCUT2D eigenvalue weighted by Gasteiger charge is -2.15. The number of thiazole rings is 1. The fraction of sp³-hybridized carbons (Fsp3) is 0.167. The van der Waals surface area contributed by atoms with Crippen LogP contribution in [0, 0.1) is 12.7 Å². The number of aryl methyl sites for hydroxylation is 1. The van der Waals surface area contributed by atoms with E-state index in [0.717, 1.165) is 27.3 Å². The molecule has 0 aliphatic carbocycles. The molecule has 37 heavy (non-hydrogen) atoms. The molecule has 0 saturated heterocycles. The number of halogens is 2. The van der Waals surface area contributed by atoms with Crippen molar-refractivity contribution in [3.8, 4) is 22.1 Å². The van der Waals surface area contributed by atoms with Crippen LogP contribution in [-0.4, -0.2) is 11.6 Å². The third kappa shape index (κ3) is 5.87. The van der Waals surface area contributed by atoms with Crippen LogP contribution in [0.1, 0.15) is 23.6 Å². The molecule has 0 atom stereocenters. The Bertz CT molecular complexity index is 1510. The van der Waals surface area contributed by atoms with E-state index in [1.807, 2.05) is 25.1 Å². The summed E-state index contributed by atoms with van der Waals surface area (Å²) in [5.74, 6) is 0.756. The molecule has 5 aromatic rings. The van der Waals surface area contributed by atoms with Gasteiger partial charge in [-0.2, -0.15) is 0 Å². The zero-order chi connectivity index (χ0) is 25.8. The molecule has 1 aromatic heterocycles. The van der Waals surface area contributed by atoms with Crippen molar-refractivity contribution in [3.63, 3.8) is 0 Å². The lowest BCUT2D eigenvalue weighted by atomic mass is 10.1. The SMILES string of the molecule is CCOc1cc(CNc2ccc(-c3nc4ccc(C)cc4s3)cc2)ccc1OCc1c(F)cccc1Cl. The molecule has 4 aromatic carbocycles. The first-order valence-electron chi connectivity index (χ1n) is 12.0. The molecule has 4 nitrogen and oxygen atoms in total. The minimum atomic E-state index is -0.393. The van der Waals surface area contributed by atoms with Crippen LogP contribution >= 0.6 is 22.9 Å². The number of hydrogen-bond donors (Lipinski definition) is 1. The van der Waals surface area contributed by atoms with Gasteiger partial charge >= 0.3 is 0 Å². The Morgan fingerprint density at radius 1 is 0.946 bits per heavy atom. The fourth-order valence-electron chi connectivity index (χ4n) is 3.96. The Morgan fingerprint density at radius 3 is 2.57 bits per heavy atom. The normalized spacial score (nSPS) is 11.0. The Hall–Kier alpha value is -3.61. The number of nitrogens with one attached hydrogen (secondary N) is 1. The second-order valence-corrected chi connectivity index (χ2v) is 10.1. The Labute approximate surface area is 224 Å². The first-order valence-corrected chi connectivity index (χ1v) is 13.2. The fourth-order valence-corrected chi connectivity index (χ4v) is 5.25. The summed E-state index contributed by atoms with van der Waals surface area (Å²) in [5, 5.41) is 4.81. The van der Waals surface area contributed by atoms with Crippen LogP contribution in [0.4, 0.5) is 10.1 Å². The Morgan fingerprint density at radius 2 is 1.78 bits per heavy atom. The van der Waals surface area contributed by atoms with Crippen LogP contribution in [0.2, 0.25) is 5.02 Å². The molecule has 0 spiro atoms. The van der Waals surface area contributed by atoms with Crippen molar-refractivity contribution < 1.29 is 13.9 Å². The third-order valence-electron chi connectivity index (χ3n) is 5.91. The first kappa shape index (κ1) is 25.1. The number of rotatable bonds is 9. The number of nitrogens with zero attached hydrogens (tertiary/aromatic N) is 1. The van der Waals surface area contributed by atoms with Gasteiger partial charge in [-0.05, 0) is 85.6 Å². The van der Waals surface area contributed by atoms with E-state index in [1.54, 1.807) is 23.5 Å². The second-order valence-electron chi connectivity index (χ2n) is 8.62. The van der Waals surface area contributed by atoms with Crippen molar-refractivity contribution in [2.24, 2.45) is 0 Å². The van der Waals surface area contributed by atoms with Crippen molar-refractivity contribution in [1.29, 1.82) is 0 Å². The standard InChI is InChI=1S/C30H26ClFN2O2S/c1-3-35-28-16-20(8-14-27(28)36-18-23-24(31)5-4-6-25(23)32)17-33-22-11-9-21(10-12-22)30-34-26-13-7-19(2)15-29(26)37-30/h4-16,33H,3,17-18H2,1-2H3. The highest BCUT2D eigenvalue weighted by Gasteiger charge is 2.12. The summed E-state index contributed by atoms with van der Waals surface area (Å²) in [6.45, 7) is 5.12. The van der Waals surface area contributed by atoms with E-state index in [4.69, 9.17) is 26.1 Å². The highest BCUT2D eigenvalue weighted by atomic mass is 35.5. The van der Waals surface area contributed by atoms with Crippen LogP contribution in [-0.2, 0) is 13.2 Å². The van der Waals surface area contributed by atoms with E-state index in [0.29, 0.717) is 35.2 Å². The van der Waals surface area contributed by atoms with E-state index in [-0.39, 0.29) is 6.61 Å². The molecule has 188 valence electrons. The molecular formula is C30H26ClFN2O2S. The van der Waals surface area contributed by atoms with E-state index in [2.05, 4.69) is 54.7 Å². The molecule has 0 unspecified atom stereocenters. The average Bonchev–Trinajstić information content (AvgIpc) is 3.32. The van der Waals surface area contributed by atoms with E-state index in [9.17, 15) is 4.39 Å². The Kier molecular flexibility index (Phi) is 7.58. The number of ether oxygens (including phenoxy) is 2. The minimum absolute atomic E-state index is 0.0177. The van der Waals surface area contributed by atoms with E-state index in [1.165, 1.54) is 16.3 Å². The van der Waals surface area contributed by atoms with Crippen molar-refractivity contribution in [2.75, 3.05) is 11.9 Å². The molecule has 0 amide bonds. The third-order valence-corrected chi connectivity index (χ3v) is 7.34. The molecule has 1 heterocycles. The van der Waals surface area contributed by atoms with Crippen LogP contribution in [0.3, 0.4) is 0 Å². The van der Waals surface area contributed by atoms with Crippen LogP contribution < -0.4 is 14.8 Å². The lowest BCUT2D eigenvalue weighted by Crippen LogP contribution is -2.04. The van der Waals surface area contributed by atoms with Gasteiger partial charge in [0.2, 0.25) is 0 Å². The molecule has 0 fully saturated rings. The molecule has 0 radical (unpaired) electrons. The summed E-state index contributed by atoms with van der Waals surface area (Å²) < 4.78 is 27.0. The summed E-state index contributed by atoms with van der Waals surface area (Å²) in [4.78, 5) is 4.77. The quantitative estimate of drug-likeness (QED) is 0.206. The maximum atomic E-state index is 14.1. The van der Waals surface area contributed by atoms with Crippen molar-refractivity contribution in [1.82, 2.24) is 4.98 Å². The van der Waals surface area contributed by atoms with Crippen molar-refractivity contribution in [3.05, 3.63) is 106 Å². The molecule has 0 aliphatic rings. The van der Waals surface area contributed by atoms with Gasteiger partial charge in [-0.1, -0.05) is 29.8 Å². The summed E-state index contributed by atoms with van der Waals surface area (Å²) >= 11 is 7.83. The molecule has 0 aliphatic heterocycles. The number of hydrogen-bond acceptors (Lipinski definition) is 5. The predicted molar refractivity (Wildman–Crippen MR) is 150 cm³/mol. The highest BCUT2D eigenvalue weighted by molar-refractivity contribution is 7.21. The predicted octanol–water partition coefficient (Wildman–Crippen LogP) is 8.65. The molecule has 7 heteroatoms. The molecular weight excluding hydrogens is 507 g/mol. The topological polar surface area (TPSA) is 43.4 Å². The largest absolute Gasteiger partial charge is 0.490 e. The number of fused-ring (bicyclic) bond motifs is 1. The summed E-state index contributed by atoms with van der Waals surface area (Å²) in [7, 11) is 0. The second kappa shape index (κ2) is 11.2. The highest BCUT2D eigenvalue weighted by Crippen LogP contribution is 2.33. The molecule has 5 rings (SSSR count). The van der Waals surface area contributed by atoms with Gasteiger partial charge < -0.3 is 14.8 Å². The van der Waals surface area contributed by atoms with Crippen molar-refractivity contribution >= 4 is 38.8 Å². The van der Waals surface area contributed by atoms with Gasteiger partial charge in [0.05, 0.1) is 21.8 Å². The summed E-state index contributed by atoms with van der Waals surface area (Å²) in [5.41, 5.74) is 5.73. The zero-order valence-electron chi connectivity index (χ0n) is 20.6. The van der Waals surface area contributed by atoms with Gasteiger partial charge in [-0.15, -0.1) is 11.3 Å². The van der Waals surface area contributed by atoms with Gasteiger partial charge in [-0.3, -0.25) is 0 Å². The maximum absolute atomic E-state index is 14.1. The number of benzene rings is 4. The van der Waals surface area contributed by atoms with E-state index >= 15 is 0 Å². The summed E-state index contributed by atoms with van der Waals surface area (Å²) in [6, 6.07) is 25.0. The maximum Gasteiger partial charge on any atom is 0.161 e. The average molecular weight is 533 g/mol.